The van der Waals surface area contributed by atoms with Crippen molar-refractivity contribution < 1.29 is 19.1 Å². The van der Waals surface area contributed by atoms with Gasteiger partial charge < -0.3 is 16.2 Å². The molecule has 5 nitrogen and oxygen atoms in total. The number of aromatic hydroxyl groups is 1. The van der Waals surface area contributed by atoms with E-state index in [1.807, 2.05) is 13.8 Å². The summed E-state index contributed by atoms with van der Waals surface area (Å²) in [4.78, 5) is 24.4. The summed E-state index contributed by atoms with van der Waals surface area (Å²) in [5.41, 5.74) is 6.29. The van der Waals surface area contributed by atoms with E-state index in [1.54, 1.807) is 19.1 Å². The van der Waals surface area contributed by atoms with Crippen LogP contribution in [0.15, 0.2) is 35.7 Å². The quantitative estimate of drug-likeness (QED) is 0.696. The van der Waals surface area contributed by atoms with Gasteiger partial charge in [-0.15, -0.1) is 0 Å². The number of hydrogen-bond donors (Lipinski definition) is 3. The van der Waals surface area contributed by atoms with Crippen molar-refractivity contribution >= 4 is 17.4 Å². The van der Waals surface area contributed by atoms with E-state index in [0.717, 1.165) is 12.8 Å². The third kappa shape index (κ3) is 3.68. The fourth-order valence-electron chi connectivity index (χ4n) is 3.80. The molecule has 1 unspecified atom stereocenters. The van der Waals surface area contributed by atoms with Gasteiger partial charge in [-0.3, -0.25) is 9.59 Å². The van der Waals surface area contributed by atoms with Crippen molar-refractivity contribution in [2.24, 2.45) is 23.0 Å². The smallest absolute Gasteiger partial charge is 0.251 e. The van der Waals surface area contributed by atoms with Crippen LogP contribution in [-0.2, 0) is 4.79 Å². The minimum atomic E-state index is -1.06. The summed E-state index contributed by atoms with van der Waals surface area (Å²) in [6.45, 7) is 6.14. The fraction of sp³-hybridized carbons (Fsp3) is 0.455. The Hall–Kier alpha value is -2.63. The van der Waals surface area contributed by atoms with E-state index in [9.17, 15) is 19.1 Å². The number of carbonyl (C=O) groups excluding carboxylic acids is 2. The number of nitrogens with one attached hydrogen (secondary N) is 1. The Bertz CT molecular complexity index is 884. The monoisotopic (exact) mass is 386 g/mol. The number of carbonyl (C=O) groups is 2. The first kappa shape index (κ1) is 20.1. The standard InChI is InChI=1S/C22H27FN2O3/c1-12(2)11-25-20(27)14-4-7-16(19(26)8-14)17-9-22(21(24)28,15-5-6-15)10-18(23)13(17)3/h4,7-8,10,12,15,26H,5-6,9,11H2,1-3H3,(H2,24,28)(H,25,27). The number of halogens is 1. The lowest BCUT2D eigenvalue weighted by Gasteiger charge is -2.33. The van der Waals surface area contributed by atoms with E-state index in [0.29, 0.717) is 34.7 Å². The van der Waals surface area contributed by atoms with Crippen LogP contribution in [0.5, 0.6) is 5.75 Å². The van der Waals surface area contributed by atoms with Crippen LogP contribution in [0.4, 0.5) is 4.39 Å². The lowest BCUT2D eigenvalue weighted by molar-refractivity contribution is -0.126. The zero-order chi connectivity index (χ0) is 20.6. The number of hydrogen-bond acceptors (Lipinski definition) is 3. The third-order valence-corrected chi connectivity index (χ3v) is 5.68. The highest BCUT2D eigenvalue weighted by molar-refractivity contribution is 5.96. The number of phenolic OH excluding ortho intramolecular Hbond substituents is 1. The van der Waals surface area contributed by atoms with Crippen LogP contribution in [0.25, 0.3) is 5.57 Å². The Morgan fingerprint density at radius 2 is 2.04 bits per heavy atom. The van der Waals surface area contributed by atoms with Crippen LogP contribution in [0.1, 0.15) is 56.0 Å². The van der Waals surface area contributed by atoms with Gasteiger partial charge in [-0.05, 0) is 67.4 Å². The molecule has 0 aliphatic heterocycles. The normalized spacial score (nSPS) is 22.2. The average Bonchev–Trinajstić information content (AvgIpc) is 3.47. The molecule has 2 aliphatic rings. The van der Waals surface area contributed by atoms with E-state index >= 15 is 0 Å². The maximum Gasteiger partial charge on any atom is 0.251 e. The Labute approximate surface area is 164 Å². The molecule has 0 radical (unpaired) electrons. The number of phenols is 1. The summed E-state index contributed by atoms with van der Waals surface area (Å²) in [6, 6.07) is 4.59. The van der Waals surface area contributed by atoms with Crippen LogP contribution < -0.4 is 11.1 Å². The van der Waals surface area contributed by atoms with Crippen molar-refractivity contribution in [2.45, 2.75) is 40.0 Å². The zero-order valence-corrected chi connectivity index (χ0v) is 16.5. The second-order valence-electron chi connectivity index (χ2n) is 8.29. The molecule has 1 atom stereocenters. The molecule has 0 aromatic heterocycles. The molecule has 0 spiro atoms. The lowest BCUT2D eigenvalue weighted by Crippen LogP contribution is -2.39. The van der Waals surface area contributed by atoms with Crippen LogP contribution >= 0.6 is 0 Å². The number of primary amides is 1. The number of benzene rings is 1. The number of nitrogens with two attached hydrogens (primary N) is 1. The van der Waals surface area contributed by atoms with Gasteiger partial charge in [0, 0.05) is 17.7 Å². The maximum atomic E-state index is 14.7. The molecular weight excluding hydrogens is 359 g/mol. The Kier molecular flexibility index (Phi) is 5.33. The molecule has 4 N–H and O–H groups in total. The van der Waals surface area contributed by atoms with Crippen LogP contribution in [0.3, 0.4) is 0 Å². The van der Waals surface area contributed by atoms with E-state index in [4.69, 9.17) is 5.73 Å². The van der Waals surface area contributed by atoms with E-state index in [-0.39, 0.29) is 24.0 Å². The summed E-state index contributed by atoms with van der Waals surface area (Å²) in [7, 11) is 0. The number of rotatable bonds is 6. The summed E-state index contributed by atoms with van der Waals surface area (Å²) < 4.78 is 14.7. The predicted octanol–water partition coefficient (Wildman–Crippen LogP) is 3.69. The topological polar surface area (TPSA) is 92.4 Å². The highest BCUT2D eigenvalue weighted by Gasteiger charge is 2.51. The van der Waals surface area contributed by atoms with E-state index in [1.165, 1.54) is 12.1 Å². The molecular formula is C22H27FN2O3. The minimum absolute atomic E-state index is 0.0297. The van der Waals surface area contributed by atoms with Crippen LogP contribution in [0.2, 0.25) is 0 Å². The SMILES string of the molecule is CC1=C(c2ccc(C(=O)NCC(C)C)cc2O)CC(C(N)=O)(C2CC2)C=C1F. The molecule has 28 heavy (non-hydrogen) atoms. The number of amides is 2. The average molecular weight is 386 g/mol. The highest BCUT2D eigenvalue weighted by atomic mass is 19.1. The summed E-state index contributed by atoms with van der Waals surface area (Å²) in [5, 5.41) is 13.4. The molecule has 2 amide bonds. The predicted molar refractivity (Wildman–Crippen MR) is 106 cm³/mol. The lowest BCUT2D eigenvalue weighted by atomic mass is 9.70. The van der Waals surface area contributed by atoms with Crippen molar-refractivity contribution in [3.63, 3.8) is 0 Å². The third-order valence-electron chi connectivity index (χ3n) is 5.68. The molecule has 3 rings (SSSR count). The molecule has 0 heterocycles. The number of allylic oxidation sites excluding steroid dienone is 3. The van der Waals surface area contributed by atoms with Crippen molar-refractivity contribution in [1.82, 2.24) is 5.32 Å². The van der Waals surface area contributed by atoms with Gasteiger partial charge in [0.2, 0.25) is 5.91 Å². The first-order chi connectivity index (χ1) is 13.2. The molecule has 1 fully saturated rings. The van der Waals surface area contributed by atoms with Gasteiger partial charge >= 0.3 is 0 Å². The molecule has 1 aromatic carbocycles. The minimum Gasteiger partial charge on any atom is -0.507 e. The zero-order valence-electron chi connectivity index (χ0n) is 16.5. The van der Waals surface area contributed by atoms with E-state index < -0.39 is 17.1 Å². The van der Waals surface area contributed by atoms with Crippen molar-refractivity contribution in [1.29, 1.82) is 0 Å². The van der Waals surface area contributed by atoms with Crippen molar-refractivity contribution in [3.8, 4) is 5.75 Å². The first-order valence-corrected chi connectivity index (χ1v) is 9.65. The van der Waals surface area contributed by atoms with Gasteiger partial charge in [0.1, 0.15) is 11.6 Å². The molecule has 1 aromatic rings. The van der Waals surface area contributed by atoms with Gasteiger partial charge in [0.15, 0.2) is 0 Å². The Balaban J connectivity index is 1.94. The van der Waals surface area contributed by atoms with Gasteiger partial charge in [-0.2, -0.15) is 0 Å². The second-order valence-corrected chi connectivity index (χ2v) is 8.29. The molecule has 150 valence electrons. The van der Waals surface area contributed by atoms with E-state index in [2.05, 4.69) is 5.32 Å². The van der Waals surface area contributed by atoms with Gasteiger partial charge in [0.05, 0.1) is 5.41 Å². The van der Waals surface area contributed by atoms with Crippen molar-refractivity contribution in [3.05, 3.63) is 46.8 Å². The summed E-state index contributed by atoms with van der Waals surface area (Å²) in [6.07, 6.45) is 3.27. The largest absolute Gasteiger partial charge is 0.507 e. The maximum absolute atomic E-state index is 14.7. The molecule has 0 bridgehead atoms. The molecule has 6 heteroatoms. The van der Waals surface area contributed by atoms with Crippen LogP contribution in [0, 0.1) is 17.3 Å². The molecule has 1 saturated carbocycles. The van der Waals surface area contributed by atoms with Gasteiger partial charge in [0.25, 0.3) is 5.91 Å². The summed E-state index contributed by atoms with van der Waals surface area (Å²) in [5.74, 6) is -1.08. The fourth-order valence-corrected chi connectivity index (χ4v) is 3.80. The highest BCUT2D eigenvalue weighted by Crippen LogP contribution is 2.55. The second kappa shape index (κ2) is 7.41. The first-order valence-electron chi connectivity index (χ1n) is 9.65. The Morgan fingerprint density at radius 1 is 1.36 bits per heavy atom. The molecule has 2 aliphatic carbocycles. The van der Waals surface area contributed by atoms with Gasteiger partial charge in [-0.25, -0.2) is 4.39 Å². The molecule has 0 saturated heterocycles. The van der Waals surface area contributed by atoms with Crippen molar-refractivity contribution in [2.75, 3.05) is 6.54 Å². The Morgan fingerprint density at radius 3 is 2.57 bits per heavy atom. The van der Waals surface area contributed by atoms with Crippen LogP contribution in [-0.4, -0.2) is 23.5 Å². The summed E-state index contributed by atoms with van der Waals surface area (Å²) >= 11 is 0. The van der Waals surface area contributed by atoms with Gasteiger partial charge in [-0.1, -0.05) is 19.9 Å².